The summed E-state index contributed by atoms with van der Waals surface area (Å²) in [7, 11) is 0. The van der Waals surface area contributed by atoms with Gasteiger partial charge in [0, 0.05) is 17.7 Å². The van der Waals surface area contributed by atoms with Crippen LogP contribution in [0.5, 0.6) is 0 Å². The fourth-order valence-electron chi connectivity index (χ4n) is 2.07. The topological polar surface area (TPSA) is 46.2 Å². The molecule has 0 saturated heterocycles. The van der Waals surface area contributed by atoms with E-state index in [-0.39, 0.29) is 11.7 Å². The highest BCUT2D eigenvalue weighted by Crippen LogP contribution is 2.19. The first-order valence-corrected chi connectivity index (χ1v) is 6.43. The molecule has 1 aromatic carbocycles. The van der Waals surface area contributed by atoms with Crippen LogP contribution >= 0.6 is 0 Å². The van der Waals surface area contributed by atoms with E-state index in [9.17, 15) is 9.59 Å². The number of benzene rings is 1. The average molecular weight is 247 g/mol. The van der Waals surface area contributed by atoms with Crippen molar-refractivity contribution in [2.45, 2.75) is 40.5 Å². The van der Waals surface area contributed by atoms with Gasteiger partial charge in [-0.05, 0) is 49.9 Å². The maximum Gasteiger partial charge on any atom is 0.251 e. The molecule has 3 nitrogen and oxygen atoms in total. The Bertz CT molecular complexity index is 464. The van der Waals surface area contributed by atoms with E-state index in [1.54, 1.807) is 13.0 Å². The van der Waals surface area contributed by atoms with E-state index in [4.69, 9.17) is 0 Å². The summed E-state index contributed by atoms with van der Waals surface area (Å²) in [4.78, 5) is 23.5. The molecule has 0 aliphatic rings. The van der Waals surface area contributed by atoms with Gasteiger partial charge in [0.05, 0.1) is 0 Å². The van der Waals surface area contributed by atoms with Crippen molar-refractivity contribution < 1.29 is 9.59 Å². The third-order valence-electron chi connectivity index (χ3n) is 3.00. The van der Waals surface area contributed by atoms with E-state index in [1.165, 1.54) is 0 Å². The summed E-state index contributed by atoms with van der Waals surface area (Å²) in [6, 6.07) is 3.56. The van der Waals surface area contributed by atoms with Crippen molar-refractivity contribution in [3.63, 3.8) is 0 Å². The van der Waals surface area contributed by atoms with Crippen LogP contribution in [0, 0.1) is 6.92 Å². The summed E-state index contributed by atoms with van der Waals surface area (Å²) < 4.78 is 0. The van der Waals surface area contributed by atoms with E-state index in [2.05, 4.69) is 5.32 Å². The quantitative estimate of drug-likeness (QED) is 0.813. The molecule has 0 aliphatic carbocycles. The van der Waals surface area contributed by atoms with Crippen LogP contribution in [0.2, 0.25) is 0 Å². The fourth-order valence-corrected chi connectivity index (χ4v) is 2.07. The summed E-state index contributed by atoms with van der Waals surface area (Å²) >= 11 is 0. The van der Waals surface area contributed by atoms with Crippen molar-refractivity contribution in [1.82, 2.24) is 5.32 Å². The molecule has 3 heteroatoms. The Balaban J connectivity index is 3.16. The Labute approximate surface area is 109 Å². The van der Waals surface area contributed by atoms with Crippen LogP contribution in [0.1, 0.15) is 59.0 Å². The molecule has 18 heavy (non-hydrogen) atoms. The largest absolute Gasteiger partial charge is 0.352 e. The first-order valence-electron chi connectivity index (χ1n) is 6.43. The van der Waals surface area contributed by atoms with Crippen LogP contribution in [0.25, 0.3) is 0 Å². The Kier molecular flexibility index (Phi) is 5.08. The van der Waals surface area contributed by atoms with Crippen LogP contribution in [0.4, 0.5) is 0 Å². The molecule has 1 rings (SSSR count). The highest BCUT2D eigenvalue weighted by molar-refractivity contribution is 6.01. The van der Waals surface area contributed by atoms with Crippen LogP contribution in [-0.2, 0) is 6.42 Å². The number of hydrogen-bond donors (Lipinski definition) is 1. The van der Waals surface area contributed by atoms with Crippen molar-refractivity contribution >= 4 is 11.7 Å². The van der Waals surface area contributed by atoms with Gasteiger partial charge in [0.1, 0.15) is 0 Å². The second kappa shape index (κ2) is 6.34. The number of ketones is 1. The lowest BCUT2D eigenvalue weighted by Crippen LogP contribution is -2.24. The molecule has 98 valence electrons. The molecular weight excluding hydrogens is 226 g/mol. The third kappa shape index (κ3) is 3.19. The molecule has 0 fully saturated rings. The van der Waals surface area contributed by atoms with Gasteiger partial charge < -0.3 is 5.32 Å². The zero-order chi connectivity index (χ0) is 13.7. The lowest BCUT2D eigenvalue weighted by Gasteiger charge is -2.12. The summed E-state index contributed by atoms with van der Waals surface area (Å²) in [6.45, 7) is 8.17. The molecule has 0 heterocycles. The van der Waals surface area contributed by atoms with Gasteiger partial charge >= 0.3 is 0 Å². The van der Waals surface area contributed by atoms with Crippen LogP contribution in [0.3, 0.4) is 0 Å². The molecule has 0 saturated carbocycles. The van der Waals surface area contributed by atoms with E-state index in [0.717, 1.165) is 24.0 Å². The van der Waals surface area contributed by atoms with Crippen molar-refractivity contribution in [2.24, 2.45) is 0 Å². The van der Waals surface area contributed by atoms with Gasteiger partial charge in [-0.1, -0.05) is 13.8 Å². The molecule has 0 aromatic heterocycles. The smallest absolute Gasteiger partial charge is 0.251 e. The lowest BCUT2D eigenvalue weighted by atomic mass is 9.94. The van der Waals surface area contributed by atoms with Crippen LogP contribution in [0.15, 0.2) is 12.1 Å². The van der Waals surface area contributed by atoms with Gasteiger partial charge in [0.15, 0.2) is 5.78 Å². The average Bonchev–Trinajstić information content (AvgIpc) is 2.34. The van der Waals surface area contributed by atoms with Crippen LogP contribution < -0.4 is 5.32 Å². The summed E-state index contributed by atoms with van der Waals surface area (Å²) in [5.41, 5.74) is 3.28. The normalized spacial score (nSPS) is 10.2. The van der Waals surface area contributed by atoms with Crippen molar-refractivity contribution in [1.29, 1.82) is 0 Å². The molecule has 0 spiro atoms. The first-order chi connectivity index (χ1) is 8.51. The third-order valence-corrected chi connectivity index (χ3v) is 3.00. The van der Waals surface area contributed by atoms with E-state index in [0.29, 0.717) is 17.7 Å². The maximum absolute atomic E-state index is 11.9. The van der Waals surface area contributed by atoms with Crippen molar-refractivity contribution in [2.75, 3.05) is 6.54 Å². The number of amides is 1. The zero-order valence-electron chi connectivity index (χ0n) is 11.6. The monoisotopic (exact) mass is 247 g/mol. The number of aryl methyl sites for hydroxylation is 1. The van der Waals surface area contributed by atoms with Gasteiger partial charge in [-0.2, -0.15) is 0 Å². The van der Waals surface area contributed by atoms with Crippen LogP contribution in [-0.4, -0.2) is 18.2 Å². The predicted molar refractivity (Wildman–Crippen MR) is 73.2 cm³/mol. The Hall–Kier alpha value is -1.64. The Morgan fingerprint density at radius 2 is 1.89 bits per heavy atom. The number of carbonyl (C=O) groups excluding carboxylic acids is 2. The zero-order valence-corrected chi connectivity index (χ0v) is 11.6. The molecular formula is C15H21NO2. The highest BCUT2D eigenvalue weighted by Gasteiger charge is 2.14. The molecule has 0 unspecified atom stereocenters. The maximum atomic E-state index is 11.9. The second-order valence-electron chi connectivity index (χ2n) is 4.48. The summed E-state index contributed by atoms with van der Waals surface area (Å²) in [5, 5.41) is 2.83. The highest BCUT2D eigenvalue weighted by atomic mass is 16.1. The van der Waals surface area contributed by atoms with Gasteiger partial charge in [-0.3, -0.25) is 9.59 Å². The Morgan fingerprint density at radius 1 is 1.22 bits per heavy atom. The lowest BCUT2D eigenvalue weighted by molar-refractivity contribution is 0.0953. The molecule has 0 atom stereocenters. The Morgan fingerprint density at radius 3 is 2.39 bits per heavy atom. The molecule has 1 N–H and O–H groups in total. The number of rotatable bonds is 5. The first kappa shape index (κ1) is 14.4. The number of nitrogens with one attached hydrogen (secondary N) is 1. The minimum Gasteiger partial charge on any atom is -0.352 e. The number of Topliss-reactive ketones (excluding diaryl/α,β-unsaturated/α-hetero) is 1. The summed E-state index contributed by atoms with van der Waals surface area (Å²) in [6.07, 6.45) is 1.70. The molecule has 1 amide bonds. The van der Waals surface area contributed by atoms with Gasteiger partial charge in [0.2, 0.25) is 0 Å². The fraction of sp³-hybridized carbons (Fsp3) is 0.467. The minimum absolute atomic E-state index is 0.0140. The van der Waals surface area contributed by atoms with Gasteiger partial charge in [-0.15, -0.1) is 0 Å². The molecule has 0 radical (unpaired) electrons. The van der Waals surface area contributed by atoms with Gasteiger partial charge in [0.25, 0.3) is 5.91 Å². The minimum atomic E-state index is -0.106. The molecule has 1 aromatic rings. The summed E-state index contributed by atoms with van der Waals surface area (Å²) in [5.74, 6) is -0.0924. The predicted octanol–water partition coefficient (Wildman–Crippen LogP) is 2.90. The number of hydrogen-bond acceptors (Lipinski definition) is 2. The van der Waals surface area contributed by atoms with Crippen molar-refractivity contribution in [3.8, 4) is 0 Å². The van der Waals surface area contributed by atoms with E-state index < -0.39 is 0 Å². The number of carbonyl (C=O) groups is 2. The second-order valence-corrected chi connectivity index (χ2v) is 4.48. The van der Waals surface area contributed by atoms with E-state index >= 15 is 0 Å². The van der Waals surface area contributed by atoms with E-state index in [1.807, 2.05) is 26.8 Å². The molecule has 0 bridgehead atoms. The van der Waals surface area contributed by atoms with Gasteiger partial charge in [-0.25, -0.2) is 0 Å². The molecule has 0 aliphatic heterocycles. The van der Waals surface area contributed by atoms with Crippen molar-refractivity contribution in [3.05, 3.63) is 34.4 Å². The standard InChI is InChI=1S/C15H21NO2/c1-5-7-16-15(18)12-8-10(3)13(6-2)14(9-12)11(4)17/h8-9H,5-7H2,1-4H3,(H,16,18). The SMILES string of the molecule is CCCNC(=O)c1cc(C)c(CC)c(C(C)=O)c1.